The van der Waals surface area contributed by atoms with E-state index in [9.17, 15) is 24.3 Å². The molecule has 0 saturated heterocycles. The van der Waals surface area contributed by atoms with Crippen molar-refractivity contribution >= 4 is 40.6 Å². The van der Waals surface area contributed by atoms with Gasteiger partial charge in [0, 0.05) is 48.4 Å². The van der Waals surface area contributed by atoms with E-state index in [-0.39, 0.29) is 38.3 Å². The highest BCUT2D eigenvalue weighted by Gasteiger charge is 2.30. The van der Waals surface area contributed by atoms with Crippen LogP contribution in [0.25, 0.3) is 10.9 Å². The van der Waals surface area contributed by atoms with Crippen molar-refractivity contribution in [3.8, 4) is 0 Å². The Hall–Kier alpha value is -4.92. The van der Waals surface area contributed by atoms with Crippen LogP contribution < -0.4 is 33.2 Å². The van der Waals surface area contributed by atoms with Gasteiger partial charge in [0.2, 0.25) is 17.7 Å². The van der Waals surface area contributed by atoms with Gasteiger partial charge >= 0.3 is 5.97 Å². The molecular weight excluding hydrogens is 520 g/mol. The third-order valence-electron chi connectivity index (χ3n) is 6.11. The van der Waals surface area contributed by atoms with Gasteiger partial charge in [0.05, 0.1) is 12.9 Å². The summed E-state index contributed by atoms with van der Waals surface area (Å²) >= 11 is 0. The van der Waals surface area contributed by atoms with Gasteiger partial charge < -0.3 is 48.2 Å². The van der Waals surface area contributed by atoms with Crippen molar-refractivity contribution in [2.24, 2.45) is 22.2 Å². The number of aromatic amines is 2. The summed E-state index contributed by atoms with van der Waals surface area (Å²) < 4.78 is 0. The Bertz CT molecular complexity index is 1330. The van der Waals surface area contributed by atoms with Gasteiger partial charge in [-0.3, -0.25) is 19.4 Å². The predicted octanol–water partition coefficient (Wildman–Crippen LogP) is -1.77. The predicted molar refractivity (Wildman–Crippen MR) is 147 cm³/mol. The Morgan fingerprint density at radius 3 is 2.38 bits per heavy atom. The van der Waals surface area contributed by atoms with E-state index in [0.717, 1.165) is 16.5 Å². The molecule has 40 heavy (non-hydrogen) atoms. The zero-order chi connectivity index (χ0) is 29.1. The lowest BCUT2D eigenvalue weighted by molar-refractivity contribution is -0.142. The number of amides is 3. The van der Waals surface area contributed by atoms with Crippen LogP contribution >= 0.6 is 0 Å². The molecule has 3 rings (SSSR count). The molecule has 3 amide bonds. The quantitative estimate of drug-likeness (QED) is 0.0584. The number of fused-ring (bicyclic) bond motifs is 1. The van der Waals surface area contributed by atoms with Crippen molar-refractivity contribution in [2.75, 3.05) is 13.1 Å². The minimum Gasteiger partial charge on any atom is -0.480 e. The van der Waals surface area contributed by atoms with Crippen molar-refractivity contribution in [1.82, 2.24) is 30.9 Å². The number of rotatable bonds is 15. The molecular formula is C25H34N10O5. The maximum Gasteiger partial charge on any atom is 0.326 e. The second kappa shape index (κ2) is 14.3. The van der Waals surface area contributed by atoms with Gasteiger partial charge in [-0.25, -0.2) is 9.78 Å². The summed E-state index contributed by atoms with van der Waals surface area (Å²) in [6.45, 7) is -0.158. The van der Waals surface area contributed by atoms with Crippen LogP contribution in [0.4, 0.5) is 0 Å². The average Bonchev–Trinajstić information content (AvgIpc) is 3.59. The lowest BCUT2D eigenvalue weighted by Gasteiger charge is -2.24. The van der Waals surface area contributed by atoms with E-state index in [2.05, 4.69) is 35.9 Å². The van der Waals surface area contributed by atoms with Crippen LogP contribution in [0.15, 0.2) is 48.0 Å². The fraction of sp³-hybridized carbons (Fsp3) is 0.360. The maximum absolute atomic E-state index is 13.4. The van der Waals surface area contributed by atoms with Crippen molar-refractivity contribution in [3.63, 3.8) is 0 Å². The van der Waals surface area contributed by atoms with Crippen LogP contribution in [-0.4, -0.2) is 80.9 Å². The smallest absolute Gasteiger partial charge is 0.326 e. The van der Waals surface area contributed by atoms with Gasteiger partial charge in [0.25, 0.3) is 0 Å². The van der Waals surface area contributed by atoms with Crippen molar-refractivity contribution in [1.29, 1.82) is 0 Å². The number of para-hydroxylation sites is 1. The number of aromatic nitrogens is 3. The second-order valence-corrected chi connectivity index (χ2v) is 9.08. The van der Waals surface area contributed by atoms with Crippen molar-refractivity contribution in [2.45, 2.75) is 43.8 Å². The van der Waals surface area contributed by atoms with Crippen molar-refractivity contribution < 1.29 is 24.3 Å². The van der Waals surface area contributed by atoms with Crippen molar-refractivity contribution in [3.05, 3.63) is 54.2 Å². The summed E-state index contributed by atoms with van der Waals surface area (Å²) in [6.07, 6.45) is 5.04. The van der Waals surface area contributed by atoms with Gasteiger partial charge in [-0.2, -0.15) is 0 Å². The van der Waals surface area contributed by atoms with Crippen LogP contribution in [0, 0.1) is 0 Å². The number of carbonyl (C=O) groups is 4. The number of carbonyl (C=O) groups excluding carboxylic acids is 3. The third kappa shape index (κ3) is 8.56. The molecule has 2 aromatic heterocycles. The first-order valence-electron chi connectivity index (χ1n) is 12.6. The number of nitrogens with two attached hydrogens (primary N) is 3. The Morgan fingerprint density at radius 2 is 1.70 bits per heavy atom. The normalized spacial score (nSPS) is 13.1. The summed E-state index contributed by atoms with van der Waals surface area (Å²) in [7, 11) is 0. The molecule has 1 aromatic carbocycles. The number of H-pyrrole nitrogens is 2. The van der Waals surface area contributed by atoms with E-state index in [4.69, 9.17) is 17.2 Å². The Morgan fingerprint density at radius 1 is 0.975 bits per heavy atom. The number of benzene rings is 1. The van der Waals surface area contributed by atoms with E-state index in [1.165, 1.54) is 12.5 Å². The fourth-order valence-corrected chi connectivity index (χ4v) is 4.12. The number of nitrogens with zero attached hydrogens (tertiary/aromatic N) is 2. The number of hydrogen-bond donors (Lipinski definition) is 9. The number of hydrogen-bond acceptors (Lipinski definition) is 7. The molecule has 214 valence electrons. The summed E-state index contributed by atoms with van der Waals surface area (Å²) in [4.78, 5) is 64.3. The minimum atomic E-state index is -1.29. The van der Waals surface area contributed by atoms with Gasteiger partial charge in [-0.1, -0.05) is 18.2 Å². The number of carboxylic acids is 1. The molecule has 12 N–H and O–H groups in total. The Labute approximate surface area is 229 Å². The van der Waals surface area contributed by atoms with Crippen LogP contribution in [0.2, 0.25) is 0 Å². The maximum atomic E-state index is 13.4. The summed E-state index contributed by atoms with van der Waals surface area (Å²) in [5, 5.41) is 18.3. The van der Waals surface area contributed by atoms with E-state index < -0.39 is 41.8 Å². The van der Waals surface area contributed by atoms with E-state index in [1.54, 1.807) is 6.20 Å². The van der Waals surface area contributed by atoms with Crippen LogP contribution in [-0.2, 0) is 32.0 Å². The van der Waals surface area contributed by atoms with E-state index >= 15 is 0 Å². The summed E-state index contributed by atoms with van der Waals surface area (Å²) in [5.74, 6) is -3.31. The topological polar surface area (TPSA) is 259 Å². The average molecular weight is 555 g/mol. The van der Waals surface area contributed by atoms with Crippen LogP contribution in [0.5, 0.6) is 0 Å². The van der Waals surface area contributed by atoms with Crippen LogP contribution in [0.3, 0.4) is 0 Å². The Balaban J connectivity index is 1.79. The lowest BCUT2D eigenvalue weighted by atomic mass is 10.0. The Kier molecular flexibility index (Phi) is 10.6. The minimum absolute atomic E-state index is 0.0501. The van der Waals surface area contributed by atoms with E-state index in [0.29, 0.717) is 12.1 Å². The zero-order valence-corrected chi connectivity index (χ0v) is 21.7. The molecule has 3 unspecified atom stereocenters. The molecule has 0 spiro atoms. The number of aliphatic imine (C=N–C) groups is 1. The third-order valence-corrected chi connectivity index (χ3v) is 6.11. The second-order valence-electron chi connectivity index (χ2n) is 9.08. The van der Waals surface area contributed by atoms with Gasteiger partial charge in [-0.15, -0.1) is 0 Å². The first-order valence-corrected chi connectivity index (χ1v) is 12.6. The SMILES string of the molecule is NCC(=O)NC(Cc1c[nH]c2ccccc12)C(=O)NC(CCCN=C(N)N)C(=O)NC(Cc1cnc[nH]1)C(=O)O. The zero-order valence-electron chi connectivity index (χ0n) is 21.7. The first-order chi connectivity index (χ1) is 19.2. The fourth-order valence-electron chi connectivity index (χ4n) is 4.12. The first kappa shape index (κ1) is 29.6. The highest BCUT2D eigenvalue weighted by molar-refractivity contribution is 5.94. The molecule has 0 radical (unpaired) electrons. The van der Waals surface area contributed by atoms with Gasteiger partial charge in [0.15, 0.2) is 5.96 Å². The molecule has 3 aromatic rings. The standard InChI is InChI=1S/C25H34N10O5/c26-10-21(36)33-19(8-14-11-31-17-5-2-1-4-16(14)17)23(38)34-18(6-3-7-30-25(27)28)22(37)35-20(24(39)40)9-15-12-29-13-32-15/h1-2,4-5,11-13,18-20,31H,3,6-10,26H2,(H,29,32)(H,33,36)(H,34,38)(H,35,37)(H,39,40)(H4,27,28,30). The number of carboxylic acid groups (broad SMARTS) is 1. The molecule has 0 aliphatic rings. The number of imidazole rings is 1. The number of guanidine groups is 1. The molecule has 0 bridgehead atoms. The lowest BCUT2D eigenvalue weighted by Crippen LogP contribution is -2.57. The highest BCUT2D eigenvalue weighted by atomic mass is 16.4. The summed E-state index contributed by atoms with van der Waals surface area (Å²) in [6, 6.07) is 3.98. The number of nitrogens with one attached hydrogen (secondary N) is 5. The molecule has 15 heteroatoms. The van der Waals surface area contributed by atoms with Gasteiger partial charge in [-0.05, 0) is 24.5 Å². The molecule has 0 aliphatic carbocycles. The number of aliphatic carboxylic acids is 1. The molecule has 3 atom stereocenters. The van der Waals surface area contributed by atoms with Gasteiger partial charge in [0.1, 0.15) is 18.1 Å². The summed E-state index contributed by atoms with van der Waals surface area (Å²) in [5.41, 5.74) is 18.3. The largest absolute Gasteiger partial charge is 0.480 e. The molecule has 2 heterocycles. The molecule has 0 fully saturated rings. The molecule has 15 nitrogen and oxygen atoms in total. The van der Waals surface area contributed by atoms with E-state index in [1.807, 2.05) is 24.3 Å². The molecule has 0 aliphatic heterocycles. The monoisotopic (exact) mass is 554 g/mol. The highest BCUT2D eigenvalue weighted by Crippen LogP contribution is 2.19. The van der Waals surface area contributed by atoms with Crippen LogP contribution in [0.1, 0.15) is 24.1 Å². The molecule has 0 saturated carbocycles.